The van der Waals surface area contributed by atoms with Crippen LogP contribution in [0.25, 0.3) is 0 Å². The molecule has 0 saturated carbocycles. The van der Waals surface area contributed by atoms with Gasteiger partial charge in [0.15, 0.2) is 0 Å². The first-order valence-electron chi connectivity index (χ1n) is 7.76. The van der Waals surface area contributed by atoms with Crippen LogP contribution in [0.3, 0.4) is 0 Å². The fourth-order valence-electron chi connectivity index (χ4n) is 3.16. The zero-order valence-corrected chi connectivity index (χ0v) is 12.9. The molecule has 0 amide bonds. The lowest BCUT2D eigenvalue weighted by Crippen LogP contribution is -2.46. The van der Waals surface area contributed by atoms with Crippen LogP contribution in [0, 0.1) is 6.92 Å². The number of piperidine rings is 1. The highest BCUT2D eigenvalue weighted by molar-refractivity contribution is 5.73. The van der Waals surface area contributed by atoms with Crippen molar-refractivity contribution in [3.8, 4) is 0 Å². The standard InChI is InChI=1S/C17H23NO4/c1-12-5-7-13(8-6-12)14(9-10-16(19)20)18-11-3-2-4-15(18)17(21)22/h5-8,14-15H,2-4,9-11H2,1H3,(H,19,20)(H,21,22). The first-order chi connectivity index (χ1) is 10.5. The molecule has 1 fully saturated rings. The van der Waals surface area contributed by atoms with E-state index in [4.69, 9.17) is 5.11 Å². The molecule has 2 N–H and O–H groups in total. The van der Waals surface area contributed by atoms with Crippen molar-refractivity contribution in [2.24, 2.45) is 0 Å². The normalized spacial score (nSPS) is 20.5. The van der Waals surface area contributed by atoms with Gasteiger partial charge in [-0.2, -0.15) is 0 Å². The van der Waals surface area contributed by atoms with Crippen LogP contribution in [0.5, 0.6) is 0 Å². The van der Waals surface area contributed by atoms with Gasteiger partial charge in [-0.05, 0) is 38.3 Å². The minimum atomic E-state index is -0.846. The van der Waals surface area contributed by atoms with E-state index in [0.717, 1.165) is 24.0 Å². The third kappa shape index (κ3) is 4.07. The molecule has 0 spiro atoms. The number of benzene rings is 1. The van der Waals surface area contributed by atoms with E-state index in [1.807, 2.05) is 36.1 Å². The van der Waals surface area contributed by atoms with Crippen LogP contribution in [0.15, 0.2) is 24.3 Å². The maximum absolute atomic E-state index is 11.5. The number of nitrogens with zero attached hydrogens (tertiary/aromatic N) is 1. The number of likely N-dealkylation sites (tertiary alicyclic amines) is 1. The van der Waals surface area contributed by atoms with Crippen LogP contribution in [-0.2, 0) is 9.59 Å². The average Bonchev–Trinajstić information content (AvgIpc) is 2.49. The lowest BCUT2D eigenvalue weighted by molar-refractivity contribution is -0.146. The molecule has 5 nitrogen and oxygen atoms in total. The van der Waals surface area contributed by atoms with Gasteiger partial charge in [-0.25, -0.2) is 0 Å². The van der Waals surface area contributed by atoms with Gasteiger partial charge in [0.25, 0.3) is 0 Å². The second kappa shape index (κ2) is 7.40. The van der Waals surface area contributed by atoms with Gasteiger partial charge in [-0.1, -0.05) is 36.2 Å². The summed E-state index contributed by atoms with van der Waals surface area (Å²) in [6, 6.07) is 7.27. The van der Waals surface area contributed by atoms with Crippen LogP contribution >= 0.6 is 0 Å². The predicted molar refractivity (Wildman–Crippen MR) is 82.8 cm³/mol. The van der Waals surface area contributed by atoms with Crippen molar-refractivity contribution >= 4 is 11.9 Å². The molecule has 1 saturated heterocycles. The lowest BCUT2D eigenvalue weighted by atomic mass is 9.93. The summed E-state index contributed by atoms with van der Waals surface area (Å²) in [5.41, 5.74) is 2.13. The molecule has 22 heavy (non-hydrogen) atoms. The van der Waals surface area contributed by atoms with E-state index in [9.17, 15) is 14.7 Å². The number of hydrogen-bond donors (Lipinski definition) is 2. The first kappa shape index (κ1) is 16.5. The highest BCUT2D eigenvalue weighted by atomic mass is 16.4. The summed E-state index contributed by atoms with van der Waals surface area (Å²) in [6.45, 7) is 2.70. The van der Waals surface area contributed by atoms with Crippen molar-refractivity contribution in [3.63, 3.8) is 0 Å². The maximum atomic E-state index is 11.5. The molecular formula is C17H23NO4. The molecule has 0 aromatic heterocycles. The molecule has 2 atom stereocenters. The monoisotopic (exact) mass is 305 g/mol. The van der Waals surface area contributed by atoms with Gasteiger partial charge >= 0.3 is 11.9 Å². The molecule has 1 aliphatic heterocycles. The molecule has 1 aromatic carbocycles. The summed E-state index contributed by atoms with van der Waals surface area (Å²) in [5.74, 6) is -1.66. The summed E-state index contributed by atoms with van der Waals surface area (Å²) in [6.07, 6.45) is 2.97. The molecule has 0 radical (unpaired) electrons. The van der Waals surface area contributed by atoms with Gasteiger partial charge in [0, 0.05) is 12.5 Å². The molecule has 1 aliphatic rings. The topological polar surface area (TPSA) is 77.8 Å². The summed E-state index contributed by atoms with van der Waals surface area (Å²) in [7, 11) is 0. The zero-order chi connectivity index (χ0) is 16.1. The Bertz CT molecular complexity index is 526. The third-order valence-electron chi connectivity index (χ3n) is 4.32. The largest absolute Gasteiger partial charge is 0.481 e. The van der Waals surface area contributed by atoms with Gasteiger partial charge in [0.05, 0.1) is 0 Å². The molecule has 1 heterocycles. The van der Waals surface area contributed by atoms with Crippen LogP contribution in [0.2, 0.25) is 0 Å². The van der Waals surface area contributed by atoms with Crippen LogP contribution < -0.4 is 0 Å². The lowest BCUT2D eigenvalue weighted by Gasteiger charge is -2.39. The minimum Gasteiger partial charge on any atom is -0.481 e. The highest BCUT2D eigenvalue weighted by Gasteiger charge is 2.34. The van der Waals surface area contributed by atoms with E-state index >= 15 is 0 Å². The molecule has 2 rings (SSSR count). The van der Waals surface area contributed by atoms with Gasteiger partial charge in [0.1, 0.15) is 6.04 Å². The number of carboxylic acids is 2. The minimum absolute atomic E-state index is 0.0430. The number of carboxylic acid groups (broad SMARTS) is 2. The van der Waals surface area contributed by atoms with Crippen molar-refractivity contribution in [2.75, 3.05) is 6.54 Å². The molecule has 0 aliphatic carbocycles. The van der Waals surface area contributed by atoms with E-state index < -0.39 is 18.0 Å². The van der Waals surface area contributed by atoms with Gasteiger partial charge in [-0.15, -0.1) is 0 Å². The summed E-state index contributed by atoms with van der Waals surface area (Å²) >= 11 is 0. The second-order valence-corrected chi connectivity index (χ2v) is 5.95. The van der Waals surface area contributed by atoms with E-state index in [0.29, 0.717) is 19.4 Å². The Kier molecular flexibility index (Phi) is 5.55. The van der Waals surface area contributed by atoms with E-state index in [-0.39, 0.29) is 12.5 Å². The highest BCUT2D eigenvalue weighted by Crippen LogP contribution is 2.32. The Morgan fingerprint density at radius 1 is 1.23 bits per heavy atom. The van der Waals surface area contributed by atoms with Crippen LogP contribution in [0.4, 0.5) is 0 Å². The SMILES string of the molecule is Cc1ccc(C(CCC(=O)O)N2CCCCC2C(=O)O)cc1. The van der Waals surface area contributed by atoms with Gasteiger partial charge < -0.3 is 10.2 Å². The summed E-state index contributed by atoms with van der Waals surface area (Å²) in [5, 5.41) is 18.5. The molecule has 120 valence electrons. The van der Waals surface area contributed by atoms with Crippen LogP contribution in [0.1, 0.15) is 49.3 Å². The number of carbonyl (C=O) groups is 2. The average molecular weight is 305 g/mol. The van der Waals surface area contributed by atoms with E-state index in [1.165, 1.54) is 0 Å². The smallest absolute Gasteiger partial charge is 0.320 e. The molecule has 0 bridgehead atoms. The molecule has 5 heteroatoms. The Morgan fingerprint density at radius 2 is 1.91 bits per heavy atom. The Morgan fingerprint density at radius 3 is 2.50 bits per heavy atom. The Hall–Kier alpha value is -1.88. The first-order valence-corrected chi connectivity index (χ1v) is 7.76. The van der Waals surface area contributed by atoms with Crippen molar-refractivity contribution in [1.29, 1.82) is 0 Å². The number of aliphatic carboxylic acids is 2. The predicted octanol–water partition coefficient (Wildman–Crippen LogP) is 2.84. The van der Waals surface area contributed by atoms with Crippen molar-refractivity contribution in [3.05, 3.63) is 35.4 Å². The van der Waals surface area contributed by atoms with E-state index in [1.54, 1.807) is 0 Å². The molecule has 2 unspecified atom stereocenters. The summed E-state index contributed by atoms with van der Waals surface area (Å²) in [4.78, 5) is 24.5. The van der Waals surface area contributed by atoms with E-state index in [2.05, 4.69) is 0 Å². The maximum Gasteiger partial charge on any atom is 0.320 e. The number of hydrogen-bond acceptors (Lipinski definition) is 3. The third-order valence-corrected chi connectivity index (χ3v) is 4.32. The number of aryl methyl sites for hydroxylation is 1. The van der Waals surface area contributed by atoms with Crippen molar-refractivity contribution < 1.29 is 19.8 Å². The van der Waals surface area contributed by atoms with Gasteiger partial charge in [0.2, 0.25) is 0 Å². The second-order valence-electron chi connectivity index (χ2n) is 5.95. The van der Waals surface area contributed by atoms with Gasteiger partial charge in [-0.3, -0.25) is 14.5 Å². The van der Waals surface area contributed by atoms with Crippen molar-refractivity contribution in [2.45, 2.75) is 51.1 Å². The fourth-order valence-corrected chi connectivity index (χ4v) is 3.16. The van der Waals surface area contributed by atoms with Crippen LogP contribution in [-0.4, -0.2) is 39.6 Å². The van der Waals surface area contributed by atoms with Crippen molar-refractivity contribution in [1.82, 2.24) is 4.90 Å². The Balaban J connectivity index is 2.27. The molecular weight excluding hydrogens is 282 g/mol. The zero-order valence-electron chi connectivity index (χ0n) is 12.9. The fraction of sp³-hybridized carbons (Fsp3) is 0.529. The Labute approximate surface area is 130 Å². The number of rotatable bonds is 6. The molecule has 1 aromatic rings. The summed E-state index contributed by atoms with van der Waals surface area (Å²) < 4.78 is 0. The quantitative estimate of drug-likeness (QED) is 0.845.